The van der Waals surface area contributed by atoms with Crippen LogP contribution in [0.25, 0.3) is 0 Å². The summed E-state index contributed by atoms with van der Waals surface area (Å²) in [6, 6.07) is 9.78. The summed E-state index contributed by atoms with van der Waals surface area (Å²) in [7, 11) is 0. The van der Waals surface area contributed by atoms with Gasteiger partial charge in [-0.05, 0) is 43.8 Å². The van der Waals surface area contributed by atoms with Crippen LogP contribution in [-0.4, -0.2) is 43.4 Å². The Bertz CT molecular complexity index is 407. The molecule has 2 aliphatic heterocycles. The van der Waals surface area contributed by atoms with Gasteiger partial charge in [-0.15, -0.1) is 11.8 Å². The van der Waals surface area contributed by atoms with Gasteiger partial charge in [0.05, 0.1) is 0 Å². The second kappa shape index (κ2) is 5.54. The Balaban J connectivity index is 1.72. The van der Waals surface area contributed by atoms with Gasteiger partial charge in [0.2, 0.25) is 0 Å². The zero-order valence-corrected chi connectivity index (χ0v) is 12.0. The largest absolute Gasteiger partial charge is 0.369 e. The highest BCUT2D eigenvalue weighted by atomic mass is 32.2. The van der Waals surface area contributed by atoms with Gasteiger partial charge in [-0.2, -0.15) is 0 Å². The topological polar surface area (TPSA) is 6.48 Å². The predicted octanol–water partition coefficient (Wildman–Crippen LogP) is 3.08. The molecule has 3 rings (SSSR count). The molecule has 0 aromatic heterocycles. The Morgan fingerprint density at radius 3 is 3.00 bits per heavy atom. The van der Waals surface area contributed by atoms with Gasteiger partial charge < -0.3 is 4.90 Å². The van der Waals surface area contributed by atoms with Crippen molar-refractivity contribution in [3.63, 3.8) is 0 Å². The third-order valence-corrected chi connectivity index (χ3v) is 4.98. The van der Waals surface area contributed by atoms with Crippen molar-refractivity contribution in [3.8, 4) is 0 Å². The molecule has 3 heteroatoms. The van der Waals surface area contributed by atoms with E-state index in [1.807, 2.05) is 11.8 Å². The first-order chi connectivity index (χ1) is 8.86. The van der Waals surface area contributed by atoms with Crippen LogP contribution in [0.4, 0.5) is 5.69 Å². The lowest BCUT2D eigenvalue weighted by molar-refractivity contribution is 0.133. The van der Waals surface area contributed by atoms with E-state index in [0.29, 0.717) is 0 Å². The van der Waals surface area contributed by atoms with Gasteiger partial charge in [0, 0.05) is 36.3 Å². The monoisotopic (exact) mass is 262 g/mol. The van der Waals surface area contributed by atoms with Gasteiger partial charge in [0.25, 0.3) is 0 Å². The molecule has 2 aliphatic rings. The van der Waals surface area contributed by atoms with Crippen molar-refractivity contribution < 1.29 is 0 Å². The van der Waals surface area contributed by atoms with Crippen LogP contribution in [0.15, 0.2) is 29.2 Å². The van der Waals surface area contributed by atoms with Crippen LogP contribution >= 0.6 is 11.8 Å². The van der Waals surface area contributed by atoms with Crippen LogP contribution in [0, 0.1) is 0 Å². The third-order valence-electron chi connectivity index (χ3n) is 4.26. The Labute approximate surface area is 114 Å². The summed E-state index contributed by atoms with van der Waals surface area (Å²) in [6.45, 7) is 4.98. The molecular formula is C15H22N2S. The Kier molecular flexibility index (Phi) is 3.80. The molecule has 0 aliphatic carbocycles. The summed E-state index contributed by atoms with van der Waals surface area (Å²) in [6.07, 6.45) is 6.36. The van der Waals surface area contributed by atoms with Crippen molar-refractivity contribution in [1.82, 2.24) is 4.90 Å². The molecular weight excluding hydrogens is 240 g/mol. The first kappa shape index (κ1) is 12.4. The van der Waals surface area contributed by atoms with E-state index in [9.17, 15) is 0 Å². The van der Waals surface area contributed by atoms with E-state index in [-0.39, 0.29) is 0 Å². The number of rotatable bonds is 2. The molecule has 1 unspecified atom stereocenters. The second-order valence-electron chi connectivity index (χ2n) is 5.33. The fraction of sp³-hybridized carbons (Fsp3) is 0.600. The lowest BCUT2D eigenvalue weighted by Crippen LogP contribution is -2.54. The second-order valence-corrected chi connectivity index (χ2v) is 6.21. The lowest BCUT2D eigenvalue weighted by atomic mass is 9.99. The first-order valence-corrected chi connectivity index (χ1v) is 8.22. The molecule has 2 fully saturated rings. The normalized spacial score (nSPS) is 24.9. The van der Waals surface area contributed by atoms with E-state index in [1.54, 1.807) is 0 Å². The van der Waals surface area contributed by atoms with Gasteiger partial charge in [0.1, 0.15) is 0 Å². The number of fused-ring (bicyclic) bond motifs is 1. The summed E-state index contributed by atoms with van der Waals surface area (Å²) in [5, 5.41) is 0. The molecule has 0 radical (unpaired) electrons. The van der Waals surface area contributed by atoms with E-state index < -0.39 is 0 Å². The minimum Gasteiger partial charge on any atom is -0.369 e. The molecule has 2 nitrogen and oxygen atoms in total. The van der Waals surface area contributed by atoms with Gasteiger partial charge >= 0.3 is 0 Å². The predicted molar refractivity (Wildman–Crippen MR) is 79.6 cm³/mol. The van der Waals surface area contributed by atoms with Crippen molar-refractivity contribution in [2.24, 2.45) is 0 Å². The SMILES string of the molecule is CSc1cccc(N2CCN3CCCCC3C2)c1. The molecule has 0 spiro atoms. The van der Waals surface area contributed by atoms with Crippen LogP contribution in [0.1, 0.15) is 19.3 Å². The molecule has 2 heterocycles. The fourth-order valence-electron chi connectivity index (χ4n) is 3.20. The van der Waals surface area contributed by atoms with E-state index in [2.05, 4.69) is 40.3 Å². The molecule has 98 valence electrons. The summed E-state index contributed by atoms with van der Waals surface area (Å²) in [5.74, 6) is 0. The molecule has 1 aromatic rings. The van der Waals surface area contributed by atoms with E-state index in [0.717, 1.165) is 6.04 Å². The standard InChI is InChI=1S/C15H22N2S/c1-18-15-7-4-6-13(11-15)17-10-9-16-8-3-2-5-14(16)12-17/h4,6-7,11,14H,2-3,5,8-10,12H2,1H3. The molecule has 2 saturated heterocycles. The summed E-state index contributed by atoms with van der Waals surface area (Å²) in [5.41, 5.74) is 1.41. The van der Waals surface area contributed by atoms with E-state index >= 15 is 0 Å². The van der Waals surface area contributed by atoms with Crippen LogP contribution in [0.5, 0.6) is 0 Å². The number of anilines is 1. The Hall–Kier alpha value is -0.670. The molecule has 0 bridgehead atoms. The summed E-state index contributed by atoms with van der Waals surface area (Å²) < 4.78 is 0. The number of thioether (sulfide) groups is 1. The Morgan fingerprint density at radius 2 is 2.11 bits per heavy atom. The highest BCUT2D eigenvalue weighted by molar-refractivity contribution is 7.98. The molecule has 1 atom stereocenters. The molecule has 18 heavy (non-hydrogen) atoms. The fourth-order valence-corrected chi connectivity index (χ4v) is 3.65. The van der Waals surface area contributed by atoms with E-state index in [1.165, 1.54) is 56.0 Å². The minimum absolute atomic E-state index is 0.797. The molecule has 0 N–H and O–H groups in total. The maximum Gasteiger partial charge on any atom is 0.0378 e. The molecule has 0 amide bonds. The first-order valence-electron chi connectivity index (χ1n) is 7.00. The van der Waals surface area contributed by atoms with Crippen molar-refractivity contribution in [1.29, 1.82) is 0 Å². The number of benzene rings is 1. The van der Waals surface area contributed by atoms with E-state index in [4.69, 9.17) is 0 Å². The average molecular weight is 262 g/mol. The van der Waals surface area contributed by atoms with Gasteiger partial charge in [-0.25, -0.2) is 0 Å². The van der Waals surface area contributed by atoms with Crippen molar-refractivity contribution in [2.75, 3.05) is 37.3 Å². The summed E-state index contributed by atoms with van der Waals surface area (Å²) >= 11 is 1.83. The highest BCUT2D eigenvalue weighted by Gasteiger charge is 2.28. The number of piperazine rings is 1. The third kappa shape index (κ3) is 2.52. The number of hydrogen-bond acceptors (Lipinski definition) is 3. The van der Waals surface area contributed by atoms with Crippen molar-refractivity contribution in [3.05, 3.63) is 24.3 Å². The maximum absolute atomic E-state index is 2.69. The summed E-state index contributed by atoms with van der Waals surface area (Å²) in [4.78, 5) is 6.64. The number of nitrogens with zero attached hydrogens (tertiary/aromatic N) is 2. The zero-order valence-electron chi connectivity index (χ0n) is 11.1. The lowest BCUT2D eigenvalue weighted by Gasteiger charge is -2.45. The molecule has 0 saturated carbocycles. The number of hydrogen-bond donors (Lipinski definition) is 0. The maximum atomic E-state index is 2.69. The van der Waals surface area contributed by atoms with Crippen LogP contribution in [0.2, 0.25) is 0 Å². The number of piperidine rings is 1. The highest BCUT2D eigenvalue weighted by Crippen LogP contribution is 2.27. The van der Waals surface area contributed by atoms with Gasteiger partial charge in [-0.1, -0.05) is 12.5 Å². The molecule has 1 aromatic carbocycles. The minimum atomic E-state index is 0.797. The van der Waals surface area contributed by atoms with Gasteiger partial charge in [-0.3, -0.25) is 4.90 Å². The van der Waals surface area contributed by atoms with Crippen molar-refractivity contribution in [2.45, 2.75) is 30.2 Å². The van der Waals surface area contributed by atoms with Crippen molar-refractivity contribution >= 4 is 17.4 Å². The van der Waals surface area contributed by atoms with Crippen LogP contribution in [-0.2, 0) is 0 Å². The van der Waals surface area contributed by atoms with Crippen LogP contribution in [0.3, 0.4) is 0 Å². The van der Waals surface area contributed by atoms with Gasteiger partial charge in [0.15, 0.2) is 0 Å². The zero-order chi connectivity index (χ0) is 12.4. The quantitative estimate of drug-likeness (QED) is 0.756. The average Bonchev–Trinajstić information content (AvgIpc) is 2.47. The Morgan fingerprint density at radius 1 is 1.17 bits per heavy atom. The smallest absolute Gasteiger partial charge is 0.0378 e. The van der Waals surface area contributed by atoms with Crippen LogP contribution < -0.4 is 4.90 Å².